The van der Waals surface area contributed by atoms with E-state index in [1.54, 1.807) is 6.20 Å². The predicted octanol–water partition coefficient (Wildman–Crippen LogP) is 2.76. The molecule has 0 aliphatic heterocycles. The number of rotatable bonds is 0. The van der Waals surface area contributed by atoms with Gasteiger partial charge in [0.05, 0.1) is 0 Å². The van der Waals surface area contributed by atoms with Crippen LogP contribution in [-0.4, -0.2) is 9.55 Å². The molecule has 11 heavy (non-hydrogen) atoms. The monoisotopic (exact) mass is 268 g/mol. The van der Waals surface area contributed by atoms with Gasteiger partial charge in [0.15, 0.2) is 0 Å². The summed E-state index contributed by atoms with van der Waals surface area (Å²) in [5, 5.41) is 0. The third kappa shape index (κ3) is 6.34. The number of imidazole rings is 1. The predicted molar refractivity (Wildman–Crippen MR) is 59.3 cm³/mol. The Morgan fingerprint density at radius 2 is 1.91 bits per heavy atom. The lowest BCUT2D eigenvalue weighted by molar-refractivity contribution is 0.858. The van der Waals surface area contributed by atoms with Crippen molar-refractivity contribution in [3.05, 3.63) is 18.2 Å². The molecule has 0 fully saturated rings. The summed E-state index contributed by atoms with van der Waals surface area (Å²) >= 11 is 0. The van der Waals surface area contributed by atoms with Gasteiger partial charge in [-0.05, 0) is 6.92 Å². The number of halogens is 1. The Kier molecular flexibility index (Phi) is 9.89. The highest BCUT2D eigenvalue weighted by Crippen LogP contribution is 1.86. The summed E-state index contributed by atoms with van der Waals surface area (Å²) < 4.78 is 1.97. The Morgan fingerprint density at radius 3 is 2.00 bits per heavy atom. The molecule has 0 N–H and O–H groups in total. The molecule has 0 amide bonds. The number of aryl methyl sites for hydroxylation is 2. The minimum atomic E-state index is 0. The molecular weight excluding hydrogens is 251 g/mol. The van der Waals surface area contributed by atoms with E-state index in [0.29, 0.717) is 0 Å². The van der Waals surface area contributed by atoms with E-state index >= 15 is 0 Å². The van der Waals surface area contributed by atoms with Crippen molar-refractivity contribution in [3.8, 4) is 0 Å². The normalized spacial score (nSPS) is 7.64. The van der Waals surface area contributed by atoms with E-state index in [4.69, 9.17) is 0 Å². The van der Waals surface area contributed by atoms with Crippen LogP contribution in [-0.2, 0) is 7.05 Å². The van der Waals surface area contributed by atoms with Crippen LogP contribution in [0.5, 0.6) is 0 Å². The molecule has 66 valence electrons. The van der Waals surface area contributed by atoms with Crippen molar-refractivity contribution in [3.63, 3.8) is 0 Å². The average Bonchev–Trinajstić information content (AvgIpc) is 2.19. The quantitative estimate of drug-likeness (QED) is 0.661. The average molecular weight is 268 g/mol. The SMILES string of the molecule is CCC.Cc1nccn1C.I. The number of hydrogen-bond donors (Lipinski definition) is 0. The molecule has 0 spiro atoms. The largest absolute Gasteiger partial charge is 0.338 e. The molecule has 0 aliphatic carbocycles. The van der Waals surface area contributed by atoms with Crippen molar-refractivity contribution in [2.75, 3.05) is 0 Å². The summed E-state index contributed by atoms with van der Waals surface area (Å²) in [5.74, 6) is 1.06. The number of aromatic nitrogens is 2. The Bertz CT molecular complexity index is 156. The van der Waals surface area contributed by atoms with Crippen molar-refractivity contribution < 1.29 is 0 Å². The zero-order valence-corrected chi connectivity index (χ0v) is 9.99. The molecule has 0 atom stereocenters. The third-order valence-corrected chi connectivity index (χ3v) is 1.06. The first-order valence-electron chi connectivity index (χ1n) is 3.66. The molecule has 0 radical (unpaired) electrons. The summed E-state index contributed by atoms with van der Waals surface area (Å²) in [6, 6.07) is 0. The maximum Gasteiger partial charge on any atom is 0.105 e. The zero-order valence-electron chi connectivity index (χ0n) is 7.66. The summed E-state index contributed by atoms with van der Waals surface area (Å²) in [6.07, 6.45) is 4.96. The Balaban J connectivity index is 0. The molecule has 3 heteroatoms. The second-order valence-corrected chi connectivity index (χ2v) is 2.29. The lowest BCUT2D eigenvalue weighted by Crippen LogP contribution is -1.86. The Morgan fingerprint density at radius 1 is 1.45 bits per heavy atom. The van der Waals surface area contributed by atoms with Gasteiger partial charge in [-0.15, -0.1) is 24.0 Å². The van der Waals surface area contributed by atoms with Crippen molar-refractivity contribution >= 4 is 24.0 Å². The van der Waals surface area contributed by atoms with Crippen LogP contribution in [0.2, 0.25) is 0 Å². The smallest absolute Gasteiger partial charge is 0.105 e. The molecular formula is C8H17IN2. The molecule has 0 saturated heterocycles. The molecule has 0 aliphatic rings. The van der Waals surface area contributed by atoms with Crippen molar-refractivity contribution in [1.82, 2.24) is 9.55 Å². The highest BCUT2D eigenvalue weighted by Gasteiger charge is 1.83. The first-order chi connectivity index (χ1) is 4.72. The molecule has 2 nitrogen and oxygen atoms in total. The lowest BCUT2D eigenvalue weighted by Gasteiger charge is -1.87. The highest BCUT2D eigenvalue weighted by atomic mass is 127. The molecule has 0 unspecified atom stereocenters. The fourth-order valence-electron chi connectivity index (χ4n) is 0.440. The Labute approximate surface area is 86.0 Å². The zero-order chi connectivity index (χ0) is 7.98. The van der Waals surface area contributed by atoms with Crippen LogP contribution in [0.25, 0.3) is 0 Å². The molecule has 1 heterocycles. The molecule has 1 aromatic rings. The minimum absolute atomic E-state index is 0. The fourth-order valence-corrected chi connectivity index (χ4v) is 0.440. The molecule has 1 rings (SSSR count). The fraction of sp³-hybridized carbons (Fsp3) is 0.625. The van der Waals surface area contributed by atoms with Crippen LogP contribution in [0, 0.1) is 6.92 Å². The molecule has 1 aromatic heterocycles. The molecule has 0 saturated carbocycles. The van der Waals surface area contributed by atoms with Gasteiger partial charge < -0.3 is 4.57 Å². The van der Waals surface area contributed by atoms with Crippen LogP contribution in [0.15, 0.2) is 12.4 Å². The molecule has 0 aromatic carbocycles. The lowest BCUT2D eigenvalue weighted by atomic mass is 10.6. The van der Waals surface area contributed by atoms with E-state index in [-0.39, 0.29) is 24.0 Å². The van der Waals surface area contributed by atoms with Crippen molar-refractivity contribution in [2.24, 2.45) is 7.05 Å². The number of hydrogen-bond acceptors (Lipinski definition) is 1. The van der Waals surface area contributed by atoms with E-state index in [1.165, 1.54) is 6.42 Å². The van der Waals surface area contributed by atoms with E-state index in [9.17, 15) is 0 Å². The van der Waals surface area contributed by atoms with E-state index < -0.39 is 0 Å². The topological polar surface area (TPSA) is 17.8 Å². The van der Waals surface area contributed by atoms with Crippen molar-refractivity contribution in [2.45, 2.75) is 27.2 Å². The van der Waals surface area contributed by atoms with Crippen molar-refractivity contribution in [1.29, 1.82) is 0 Å². The highest BCUT2D eigenvalue weighted by molar-refractivity contribution is 14.0. The first kappa shape index (κ1) is 13.5. The van der Waals surface area contributed by atoms with Gasteiger partial charge in [0.25, 0.3) is 0 Å². The van der Waals surface area contributed by atoms with Crippen LogP contribution in [0.4, 0.5) is 0 Å². The summed E-state index contributed by atoms with van der Waals surface area (Å²) in [4.78, 5) is 3.98. The maximum atomic E-state index is 3.98. The van der Waals surface area contributed by atoms with Gasteiger partial charge in [-0.3, -0.25) is 0 Å². The van der Waals surface area contributed by atoms with Crippen LogP contribution in [0.1, 0.15) is 26.1 Å². The third-order valence-electron chi connectivity index (χ3n) is 1.06. The van der Waals surface area contributed by atoms with Crippen LogP contribution >= 0.6 is 24.0 Å². The summed E-state index contributed by atoms with van der Waals surface area (Å²) in [7, 11) is 1.97. The maximum absolute atomic E-state index is 3.98. The van der Waals surface area contributed by atoms with Gasteiger partial charge >= 0.3 is 0 Å². The van der Waals surface area contributed by atoms with Crippen LogP contribution in [0.3, 0.4) is 0 Å². The second-order valence-electron chi connectivity index (χ2n) is 2.29. The number of nitrogens with zero attached hydrogens (tertiary/aromatic N) is 2. The van der Waals surface area contributed by atoms with E-state index in [0.717, 1.165) is 5.82 Å². The van der Waals surface area contributed by atoms with Gasteiger partial charge in [-0.1, -0.05) is 20.3 Å². The summed E-state index contributed by atoms with van der Waals surface area (Å²) in [5.41, 5.74) is 0. The summed E-state index contributed by atoms with van der Waals surface area (Å²) in [6.45, 7) is 6.22. The van der Waals surface area contributed by atoms with E-state index in [2.05, 4.69) is 18.8 Å². The molecule has 0 bridgehead atoms. The second kappa shape index (κ2) is 8.04. The van der Waals surface area contributed by atoms with Gasteiger partial charge in [0, 0.05) is 19.4 Å². The van der Waals surface area contributed by atoms with E-state index in [1.807, 2.05) is 24.7 Å². The van der Waals surface area contributed by atoms with Crippen LogP contribution < -0.4 is 0 Å². The Hall–Kier alpha value is -0.0600. The van der Waals surface area contributed by atoms with Gasteiger partial charge in [-0.25, -0.2) is 4.98 Å². The van der Waals surface area contributed by atoms with Gasteiger partial charge in [0.2, 0.25) is 0 Å². The first-order valence-corrected chi connectivity index (χ1v) is 3.66. The standard InChI is InChI=1S/C5H8N2.C3H8.HI/c1-5-6-3-4-7(5)2;1-3-2;/h3-4H,1-2H3;3H2,1-2H3;1H. The van der Waals surface area contributed by atoms with Gasteiger partial charge in [0.1, 0.15) is 5.82 Å². The minimum Gasteiger partial charge on any atom is -0.338 e. The van der Waals surface area contributed by atoms with Gasteiger partial charge in [-0.2, -0.15) is 0 Å².